The first-order valence-corrected chi connectivity index (χ1v) is 7.36. The van der Waals surface area contributed by atoms with E-state index in [0.717, 1.165) is 11.1 Å². The summed E-state index contributed by atoms with van der Waals surface area (Å²) < 4.78 is 0. The summed E-state index contributed by atoms with van der Waals surface area (Å²) in [6.07, 6.45) is 1.03. The van der Waals surface area contributed by atoms with E-state index in [4.69, 9.17) is 28.9 Å². The molecule has 21 heavy (non-hydrogen) atoms. The molecule has 2 aromatic rings. The lowest BCUT2D eigenvalue weighted by Crippen LogP contribution is -2.51. The number of nitrogens with two attached hydrogens (primary N) is 1. The molecule has 0 spiro atoms. The normalized spacial score (nSPS) is 20.1. The fraction of sp³-hybridized carbons (Fsp3) is 0.188. The van der Waals surface area contributed by atoms with Gasteiger partial charge in [-0.15, -0.1) is 0 Å². The molecular formula is C16H14Cl2N2O. The van der Waals surface area contributed by atoms with Crippen LogP contribution in [0.25, 0.3) is 0 Å². The van der Waals surface area contributed by atoms with Crippen molar-refractivity contribution in [1.29, 1.82) is 0 Å². The highest BCUT2D eigenvalue weighted by Gasteiger charge is 2.42. The van der Waals surface area contributed by atoms with Crippen LogP contribution in [0, 0.1) is 0 Å². The fourth-order valence-electron chi connectivity index (χ4n) is 2.79. The minimum atomic E-state index is -0.863. The van der Waals surface area contributed by atoms with Crippen LogP contribution in [0.3, 0.4) is 0 Å². The quantitative estimate of drug-likeness (QED) is 0.910. The van der Waals surface area contributed by atoms with Crippen molar-refractivity contribution in [3.63, 3.8) is 0 Å². The van der Waals surface area contributed by atoms with Gasteiger partial charge in [-0.05, 0) is 35.4 Å². The van der Waals surface area contributed by atoms with Crippen LogP contribution < -0.4 is 11.1 Å². The Hall–Kier alpha value is -1.71. The van der Waals surface area contributed by atoms with Gasteiger partial charge in [0, 0.05) is 17.9 Å². The van der Waals surface area contributed by atoms with E-state index in [0.29, 0.717) is 28.6 Å². The molecule has 0 heterocycles. The number of fused-ring (bicyclic) bond motifs is 1. The third kappa shape index (κ3) is 2.59. The second kappa shape index (κ2) is 5.24. The van der Waals surface area contributed by atoms with Crippen LogP contribution in [0.1, 0.15) is 11.1 Å². The average molecular weight is 321 g/mol. The van der Waals surface area contributed by atoms with Crippen molar-refractivity contribution in [2.45, 2.75) is 18.4 Å². The maximum absolute atomic E-state index is 12.1. The standard InChI is InChI=1S/C16H14Cl2N2O/c17-12-6-5-10-8-16(15(19)21,9-11(10)7-12)20-14-4-2-1-3-13(14)18/h1-7,20H,8-9H2,(H2,19,21). The van der Waals surface area contributed by atoms with Crippen LogP contribution in [0.4, 0.5) is 5.69 Å². The van der Waals surface area contributed by atoms with Gasteiger partial charge in [-0.1, -0.05) is 41.4 Å². The van der Waals surface area contributed by atoms with Crippen LogP contribution >= 0.6 is 23.2 Å². The zero-order valence-corrected chi connectivity index (χ0v) is 12.7. The van der Waals surface area contributed by atoms with Gasteiger partial charge in [-0.25, -0.2) is 0 Å². The SMILES string of the molecule is NC(=O)C1(Nc2ccccc2Cl)Cc2ccc(Cl)cc2C1. The summed E-state index contributed by atoms with van der Waals surface area (Å²) in [7, 11) is 0. The van der Waals surface area contributed by atoms with Gasteiger partial charge in [0.25, 0.3) is 0 Å². The van der Waals surface area contributed by atoms with Crippen LogP contribution in [0.5, 0.6) is 0 Å². The second-order valence-corrected chi connectivity index (χ2v) is 6.16. The van der Waals surface area contributed by atoms with Crippen LogP contribution in [-0.4, -0.2) is 11.4 Å². The molecule has 1 aliphatic carbocycles. The van der Waals surface area contributed by atoms with Crippen LogP contribution in [-0.2, 0) is 17.6 Å². The summed E-state index contributed by atoms with van der Waals surface area (Å²) in [5.74, 6) is -0.394. The summed E-state index contributed by atoms with van der Waals surface area (Å²) in [6, 6.07) is 13.0. The first-order valence-electron chi connectivity index (χ1n) is 6.60. The van der Waals surface area contributed by atoms with E-state index in [1.54, 1.807) is 6.07 Å². The van der Waals surface area contributed by atoms with Crippen molar-refractivity contribution in [1.82, 2.24) is 0 Å². The number of carbonyl (C=O) groups is 1. The number of anilines is 1. The molecule has 0 bridgehead atoms. The lowest BCUT2D eigenvalue weighted by atomic mass is 9.94. The molecule has 5 heteroatoms. The molecular weight excluding hydrogens is 307 g/mol. The minimum Gasteiger partial charge on any atom is -0.369 e. The van der Waals surface area contributed by atoms with E-state index in [-0.39, 0.29) is 0 Å². The highest BCUT2D eigenvalue weighted by molar-refractivity contribution is 6.33. The molecule has 0 fully saturated rings. The zero-order valence-electron chi connectivity index (χ0n) is 11.2. The van der Waals surface area contributed by atoms with Gasteiger partial charge in [0.15, 0.2) is 0 Å². The number of amides is 1. The Kier molecular flexibility index (Phi) is 3.56. The molecule has 1 aliphatic rings. The molecule has 0 radical (unpaired) electrons. The lowest BCUT2D eigenvalue weighted by Gasteiger charge is -2.28. The Morgan fingerprint density at radius 1 is 1.10 bits per heavy atom. The molecule has 0 aromatic heterocycles. The van der Waals surface area contributed by atoms with E-state index in [9.17, 15) is 4.79 Å². The molecule has 0 aliphatic heterocycles. The van der Waals surface area contributed by atoms with Crippen molar-refractivity contribution in [3.8, 4) is 0 Å². The van der Waals surface area contributed by atoms with Crippen LogP contribution in [0.2, 0.25) is 10.0 Å². The molecule has 2 aromatic carbocycles. The summed E-state index contributed by atoms with van der Waals surface area (Å²) >= 11 is 12.2. The topological polar surface area (TPSA) is 55.1 Å². The average Bonchev–Trinajstić information content (AvgIpc) is 2.80. The second-order valence-electron chi connectivity index (χ2n) is 5.32. The molecule has 1 unspecified atom stereocenters. The Labute approximate surface area is 133 Å². The number of rotatable bonds is 3. The highest BCUT2D eigenvalue weighted by atomic mass is 35.5. The third-order valence-electron chi connectivity index (χ3n) is 3.87. The number of carbonyl (C=O) groups excluding carboxylic acids is 1. The van der Waals surface area contributed by atoms with Crippen molar-refractivity contribution in [2.75, 3.05) is 5.32 Å². The van der Waals surface area contributed by atoms with E-state index >= 15 is 0 Å². The predicted molar refractivity (Wildman–Crippen MR) is 85.9 cm³/mol. The number of halogens is 2. The molecule has 3 rings (SSSR count). The summed E-state index contributed by atoms with van der Waals surface area (Å²) in [6.45, 7) is 0. The van der Waals surface area contributed by atoms with Gasteiger partial charge in [0.1, 0.15) is 5.54 Å². The number of benzene rings is 2. The number of para-hydroxylation sites is 1. The summed E-state index contributed by atoms with van der Waals surface area (Å²) in [4.78, 5) is 12.1. The maximum atomic E-state index is 12.1. The Balaban J connectivity index is 1.97. The van der Waals surface area contributed by atoms with E-state index in [1.165, 1.54) is 0 Å². The summed E-state index contributed by atoms with van der Waals surface area (Å²) in [5, 5.41) is 4.46. The number of nitrogens with one attached hydrogen (secondary N) is 1. The first kappa shape index (κ1) is 14.2. The predicted octanol–water partition coefficient (Wildman–Crippen LogP) is 3.43. The monoisotopic (exact) mass is 320 g/mol. The smallest absolute Gasteiger partial charge is 0.243 e. The zero-order chi connectivity index (χ0) is 15.0. The fourth-order valence-corrected chi connectivity index (χ4v) is 3.17. The largest absolute Gasteiger partial charge is 0.369 e. The Morgan fingerprint density at radius 3 is 2.52 bits per heavy atom. The van der Waals surface area contributed by atoms with Gasteiger partial charge >= 0.3 is 0 Å². The number of primary amides is 1. The van der Waals surface area contributed by atoms with Gasteiger partial charge in [-0.3, -0.25) is 4.79 Å². The molecule has 0 saturated carbocycles. The minimum absolute atomic E-state index is 0.394. The number of hydrogen-bond acceptors (Lipinski definition) is 2. The van der Waals surface area contributed by atoms with Crippen LogP contribution in [0.15, 0.2) is 42.5 Å². The Bertz CT molecular complexity index is 717. The van der Waals surface area contributed by atoms with Crippen molar-refractivity contribution in [3.05, 3.63) is 63.6 Å². The number of hydrogen-bond donors (Lipinski definition) is 2. The van der Waals surface area contributed by atoms with Crippen molar-refractivity contribution in [2.24, 2.45) is 5.73 Å². The molecule has 1 amide bonds. The molecule has 1 atom stereocenters. The lowest BCUT2D eigenvalue weighted by molar-refractivity contribution is -0.122. The first-order chi connectivity index (χ1) is 10.00. The van der Waals surface area contributed by atoms with Crippen molar-refractivity contribution < 1.29 is 4.79 Å². The summed E-state index contributed by atoms with van der Waals surface area (Å²) in [5.41, 5.74) is 7.64. The van der Waals surface area contributed by atoms with Gasteiger partial charge in [0.2, 0.25) is 5.91 Å². The molecule has 0 saturated heterocycles. The molecule has 3 N–H and O–H groups in total. The highest BCUT2D eigenvalue weighted by Crippen LogP contribution is 2.36. The third-order valence-corrected chi connectivity index (χ3v) is 4.44. The van der Waals surface area contributed by atoms with Gasteiger partial charge < -0.3 is 11.1 Å². The van der Waals surface area contributed by atoms with E-state index < -0.39 is 11.4 Å². The molecule has 3 nitrogen and oxygen atoms in total. The maximum Gasteiger partial charge on any atom is 0.243 e. The Morgan fingerprint density at radius 2 is 1.81 bits per heavy atom. The van der Waals surface area contributed by atoms with Gasteiger partial charge in [-0.2, -0.15) is 0 Å². The van der Waals surface area contributed by atoms with E-state index in [1.807, 2.05) is 36.4 Å². The van der Waals surface area contributed by atoms with Gasteiger partial charge in [0.05, 0.1) is 10.7 Å². The van der Waals surface area contributed by atoms with Crippen molar-refractivity contribution >= 4 is 34.8 Å². The molecule has 108 valence electrons. The van der Waals surface area contributed by atoms with E-state index in [2.05, 4.69) is 5.32 Å².